The highest BCUT2D eigenvalue weighted by atomic mass is 16.5. The predicted molar refractivity (Wildman–Crippen MR) is 106 cm³/mol. The molecule has 0 fully saturated rings. The quantitative estimate of drug-likeness (QED) is 0.343. The molecule has 0 spiro atoms. The van der Waals surface area contributed by atoms with Gasteiger partial charge in [-0.25, -0.2) is 0 Å². The zero-order valence-electron chi connectivity index (χ0n) is 16.0. The molecule has 3 heteroatoms. The molecule has 0 saturated carbocycles. The van der Waals surface area contributed by atoms with Crippen LogP contribution in [0.1, 0.15) is 68.3 Å². The van der Waals surface area contributed by atoms with Crippen LogP contribution in [-0.4, -0.2) is 19.0 Å². The van der Waals surface area contributed by atoms with Crippen LogP contribution in [-0.2, 0) is 0 Å². The number of benzene rings is 2. The summed E-state index contributed by atoms with van der Waals surface area (Å²) < 4.78 is 11.4. The minimum atomic E-state index is 0.0139. The van der Waals surface area contributed by atoms with E-state index >= 15 is 0 Å². The molecule has 0 N–H and O–H groups in total. The smallest absolute Gasteiger partial charge is 0.193 e. The molecule has 0 bridgehead atoms. The Balaban J connectivity index is 1.87. The summed E-state index contributed by atoms with van der Waals surface area (Å²) in [7, 11) is 0. The fourth-order valence-electron chi connectivity index (χ4n) is 2.66. The largest absolute Gasteiger partial charge is 0.494 e. The zero-order valence-corrected chi connectivity index (χ0v) is 16.0. The van der Waals surface area contributed by atoms with Crippen LogP contribution in [0.5, 0.6) is 11.5 Å². The Morgan fingerprint density at radius 1 is 0.654 bits per heavy atom. The van der Waals surface area contributed by atoms with E-state index in [0.717, 1.165) is 37.6 Å². The van der Waals surface area contributed by atoms with Crippen molar-refractivity contribution in [2.45, 2.75) is 52.4 Å². The van der Waals surface area contributed by atoms with Gasteiger partial charge in [0.2, 0.25) is 0 Å². The molecule has 0 atom stereocenters. The topological polar surface area (TPSA) is 35.5 Å². The molecule has 140 valence electrons. The second kappa shape index (κ2) is 11.3. The van der Waals surface area contributed by atoms with Gasteiger partial charge in [-0.05, 0) is 61.4 Å². The molecule has 2 aromatic carbocycles. The van der Waals surface area contributed by atoms with E-state index in [2.05, 4.69) is 13.8 Å². The van der Waals surface area contributed by atoms with Crippen LogP contribution in [0.25, 0.3) is 0 Å². The molecule has 0 aromatic heterocycles. The molecule has 0 heterocycles. The van der Waals surface area contributed by atoms with Crippen molar-refractivity contribution in [3.63, 3.8) is 0 Å². The average Bonchev–Trinajstić information content (AvgIpc) is 2.69. The van der Waals surface area contributed by atoms with E-state index in [4.69, 9.17) is 9.47 Å². The molecular weight excluding hydrogens is 324 g/mol. The van der Waals surface area contributed by atoms with Crippen molar-refractivity contribution < 1.29 is 14.3 Å². The van der Waals surface area contributed by atoms with Gasteiger partial charge in [-0.3, -0.25) is 4.79 Å². The summed E-state index contributed by atoms with van der Waals surface area (Å²) in [5, 5.41) is 0. The van der Waals surface area contributed by atoms with Gasteiger partial charge in [0.1, 0.15) is 11.5 Å². The third kappa shape index (κ3) is 6.55. The van der Waals surface area contributed by atoms with Gasteiger partial charge in [0, 0.05) is 11.1 Å². The highest BCUT2D eigenvalue weighted by Gasteiger charge is 2.09. The Morgan fingerprint density at radius 2 is 1.04 bits per heavy atom. The minimum Gasteiger partial charge on any atom is -0.494 e. The van der Waals surface area contributed by atoms with Gasteiger partial charge in [0.15, 0.2) is 5.78 Å². The number of hydrogen-bond donors (Lipinski definition) is 0. The first-order valence-electron chi connectivity index (χ1n) is 9.75. The molecule has 0 unspecified atom stereocenters. The first-order valence-corrected chi connectivity index (χ1v) is 9.75. The maximum atomic E-state index is 12.6. The standard InChI is InChI=1S/C23H30O3/c1-3-5-7-17-25-21-13-9-19(10-14-21)23(24)20-11-15-22(16-12-20)26-18-8-6-4-2/h9-16H,3-8,17-18H2,1-2H3. The van der Waals surface area contributed by atoms with Gasteiger partial charge in [0.25, 0.3) is 0 Å². The second-order valence-electron chi connectivity index (χ2n) is 6.49. The van der Waals surface area contributed by atoms with Crippen molar-refractivity contribution in [2.24, 2.45) is 0 Å². The average molecular weight is 354 g/mol. The number of ketones is 1. The molecule has 0 aliphatic carbocycles. The number of carbonyl (C=O) groups excluding carboxylic acids is 1. The lowest BCUT2D eigenvalue weighted by Gasteiger charge is -2.08. The number of hydrogen-bond acceptors (Lipinski definition) is 3. The summed E-state index contributed by atoms with van der Waals surface area (Å²) in [5.41, 5.74) is 1.34. The van der Waals surface area contributed by atoms with Crippen LogP contribution in [0.2, 0.25) is 0 Å². The summed E-state index contributed by atoms with van der Waals surface area (Å²) in [6, 6.07) is 14.8. The van der Waals surface area contributed by atoms with E-state index < -0.39 is 0 Å². The van der Waals surface area contributed by atoms with Crippen LogP contribution >= 0.6 is 0 Å². The fourth-order valence-corrected chi connectivity index (χ4v) is 2.66. The molecular formula is C23H30O3. The number of unbranched alkanes of at least 4 members (excludes halogenated alkanes) is 4. The molecule has 2 aromatic rings. The van der Waals surface area contributed by atoms with Crippen LogP contribution < -0.4 is 9.47 Å². The van der Waals surface area contributed by atoms with Crippen LogP contribution in [0.15, 0.2) is 48.5 Å². The number of rotatable bonds is 12. The highest BCUT2D eigenvalue weighted by molar-refractivity contribution is 6.09. The molecule has 26 heavy (non-hydrogen) atoms. The molecule has 2 rings (SSSR count). The minimum absolute atomic E-state index is 0.0139. The Labute approximate surface area is 157 Å². The Bertz CT molecular complexity index is 587. The summed E-state index contributed by atoms with van der Waals surface area (Å²) >= 11 is 0. The van der Waals surface area contributed by atoms with Gasteiger partial charge < -0.3 is 9.47 Å². The molecule has 0 radical (unpaired) electrons. The lowest BCUT2D eigenvalue weighted by Crippen LogP contribution is -2.02. The van der Waals surface area contributed by atoms with E-state index in [1.807, 2.05) is 48.5 Å². The highest BCUT2D eigenvalue weighted by Crippen LogP contribution is 2.18. The lowest BCUT2D eigenvalue weighted by molar-refractivity contribution is 0.103. The Hall–Kier alpha value is -2.29. The maximum Gasteiger partial charge on any atom is 0.193 e. The third-order valence-electron chi connectivity index (χ3n) is 4.27. The van der Waals surface area contributed by atoms with Crippen molar-refractivity contribution in [3.8, 4) is 11.5 Å². The van der Waals surface area contributed by atoms with Crippen molar-refractivity contribution in [3.05, 3.63) is 59.7 Å². The van der Waals surface area contributed by atoms with E-state index in [1.54, 1.807) is 0 Å². The van der Waals surface area contributed by atoms with Crippen LogP contribution in [0, 0.1) is 0 Å². The normalized spacial score (nSPS) is 10.5. The Kier molecular flexibility index (Phi) is 8.74. The third-order valence-corrected chi connectivity index (χ3v) is 4.27. The van der Waals surface area contributed by atoms with Gasteiger partial charge in [-0.1, -0.05) is 39.5 Å². The number of carbonyl (C=O) groups is 1. The van der Waals surface area contributed by atoms with E-state index in [0.29, 0.717) is 11.1 Å². The van der Waals surface area contributed by atoms with Crippen LogP contribution in [0.4, 0.5) is 0 Å². The van der Waals surface area contributed by atoms with Crippen LogP contribution in [0.3, 0.4) is 0 Å². The van der Waals surface area contributed by atoms with Crippen molar-refractivity contribution >= 4 is 5.78 Å². The summed E-state index contributed by atoms with van der Waals surface area (Å²) in [4.78, 5) is 12.6. The SMILES string of the molecule is CCCCCOc1ccc(C(=O)c2ccc(OCCCCC)cc2)cc1. The molecule has 0 aliphatic rings. The fraction of sp³-hybridized carbons (Fsp3) is 0.435. The van der Waals surface area contributed by atoms with E-state index in [-0.39, 0.29) is 5.78 Å². The summed E-state index contributed by atoms with van der Waals surface area (Å²) in [5.74, 6) is 1.64. The van der Waals surface area contributed by atoms with Gasteiger partial charge in [0.05, 0.1) is 13.2 Å². The maximum absolute atomic E-state index is 12.6. The number of ether oxygens (including phenoxy) is 2. The molecule has 3 nitrogen and oxygen atoms in total. The van der Waals surface area contributed by atoms with Gasteiger partial charge >= 0.3 is 0 Å². The first kappa shape index (κ1) is 20.0. The lowest BCUT2D eigenvalue weighted by atomic mass is 10.0. The molecule has 0 saturated heterocycles. The van der Waals surface area contributed by atoms with E-state index in [1.165, 1.54) is 25.7 Å². The van der Waals surface area contributed by atoms with Crippen molar-refractivity contribution in [1.82, 2.24) is 0 Å². The van der Waals surface area contributed by atoms with Gasteiger partial charge in [-0.2, -0.15) is 0 Å². The zero-order chi connectivity index (χ0) is 18.6. The monoisotopic (exact) mass is 354 g/mol. The summed E-state index contributed by atoms with van der Waals surface area (Å²) in [6.45, 7) is 5.79. The Morgan fingerprint density at radius 3 is 1.38 bits per heavy atom. The second-order valence-corrected chi connectivity index (χ2v) is 6.49. The van der Waals surface area contributed by atoms with Crippen molar-refractivity contribution in [1.29, 1.82) is 0 Å². The first-order chi connectivity index (χ1) is 12.7. The van der Waals surface area contributed by atoms with Gasteiger partial charge in [-0.15, -0.1) is 0 Å². The molecule has 0 amide bonds. The predicted octanol–water partition coefficient (Wildman–Crippen LogP) is 6.06. The van der Waals surface area contributed by atoms with Crippen molar-refractivity contribution in [2.75, 3.05) is 13.2 Å². The summed E-state index contributed by atoms with van der Waals surface area (Å²) in [6.07, 6.45) is 6.83. The molecule has 0 aliphatic heterocycles. The van der Waals surface area contributed by atoms with E-state index in [9.17, 15) is 4.79 Å².